The number of nitrogens with one attached hydrogen (secondary N) is 1. The highest BCUT2D eigenvalue weighted by Crippen LogP contribution is 2.27. The number of anilines is 1. The Hall–Kier alpha value is -2.04. The van der Waals surface area contributed by atoms with Gasteiger partial charge in [-0.1, -0.05) is 6.42 Å². The number of aryl methyl sites for hydroxylation is 2. The SMILES string of the molecule is CCNc1nc(-c2ccnc(C)n2)nc2c1CCCCC2. The van der Waals surface area contributed by atoms with E-state index in [9.17, 15) is 0 Å². The monoisotopic (exact) mass is 283 g/mol. The standard InChI is InChI=1S/C16H21N5/c1-3-17-15-12-7-5-4-6-8-13(12)20-16(21-15)14-9-10-18-11(2)19-14/h9-10H,3-8H2,1-2H3,(H,17,20,21). The third kappa shape index (κ3) is 3.01. The molecule has 2 heterocycles. The van der Waals surface area contributed by atoms with Gasteiger partial charge in [0.05, 0.1) is 0 Å². The molecule has 3 rings (SSSR count). The Bertz CT molecular complexity index is 639. The highest BCUT2D eigenvalue weighted by atomic mass is 15.0. The van der Waals surface area contributed by atoms with Crippen molar-refractivity contribution >= 4 is 5.82 Å². The Balaban J connectivity index is 2.09. The predicted octanol–water partition coefficient (Wildman–Crippen LogP) is 2.94. The molecule has 0 saturated heterocycles. The lowest BCUT2D eigenvalue weighted by Gasteiger charge is -2.14. The van der Waals surface area contributed by atoms with Crippen LogP contribution in [0.25, 0.3) is 11.5 Å². The van der Waals surface area contributed by atoms with Gasteiger partial charge in [0.2, 0.25) is 0 Å². The Morgan fingerprint density at radius 2 is 1.95 bits per heavy atom. The van der Waals surface area contributed by atoms with E-state index in [-0.39, 0.29) is 0 Å². The molecule has 110 valence electrons. The van der Waals surface area contributed by atoms with Gasteiger partial charge >= 0.3 is 0 Å². The average Bonchev–Trinajstić information content (AvgIpc) is 2.73. The topological polar surface area (TPSA) is 63.6 Å². The highest BCUT2D eigenvalue weighted by Gasteiger charge is 2.17. The minimum absolute atomic E-state index is 0.706. The van der Waals surface area contributed by atoms with Crippen molar-refractivity contribution in [1.82, 2.24) is 19.9 Å². The van der Waals surface area contributed by atoms with Crippen LogP contribution in [0.1, 0.15) is 43.3 Å². The summed E-state index contributed by atoms with van der Waals surface area (Å²) in [6, 6.07) is 1.88. The Labute approximate surface area is 125 Å². The van der Waals surface area contributed by atoms with E-state index >= 15 is 0 Å². The number of hydrogen-bond acceptors (Lipinski definition) is 5. The lowest BCUT2D eigenvalue weighted by molar-refractivity contribution is 0.709. The molecule has 1 aliphatic carbocycles. The quantitative estimate of drug-likeness (QED) is 0.877. The van der Waals surface area contributed by atoms with Crippen molar-refractivity contribution in [3.63, 3.8) is 0 Å². The van der Waals surface area contributed by atoms with Crippen molar-refractivity contribution < 1.29 is 0 Å². The van der Waals surface area contributed by atoms with Crippen LogP contribution < -0.4 is 5.32 Å². The minimum Gasteiger partial charge on any atom is -0.370 e. The van der Waals surface area contributed by atoms with Gasteiger partial charge in [0.15, 0.2) is 5.82 Å². The summed E-state index contributed by atoms with van der Waals surface area (Å²) < 4.78 is 0. The van der Waals surface area contributed by atoms with E-state index < -0.39 is 0 Å². The molecular formula is C16H21N5. The molecule has 0 aliphatic heterocycles. The van der Waals surface area contributed by atoms with E-state index in [4.69, 9.17) is 9.97 Å². The molecule has 0 aromatic carbocycles. The fraction of sp³-hybridized carbons (Fsp3) is 0.500. The van der Waals surface area contributed by atoms with Crippen molar-refractivity contribution in [3.05, 3.63) is 29.3 Å². The second kappa shape index (κ2) is 6.16. The lowest BCUT2D eigenvalue weighted by Crippen LogP contribution is -2.10. The van der Waals surface area contributed by atoms with Crippen LogP contribution in [0, 0.1) is 6.92 Å². The predicted molar refractivity (Wildman–Crippen MR) is 83.2 cm³/mol. The summed E-state index contributed by atoms with van der Waals surface area (Å²) in [6.07, 6.45) is 7.57. The molecule has 0 atom stereocenters. The molecule has 21 heavy (non-hydrogen) atoms. The van der Waals surface area contributed by atoms with Crippen LogP contribution in [0.4, 0.5) is 5.82 Å². The van der Waals surface area contributed by atoms with Gasteiger partial charge < -0.3 is 5.32 Å². The second-order valence-electron chi connectivity index (χ2n) is 5.40. The zero-order valence-electron chi connectivity index (χ0n) is 12.7. The molecule has 2 aromatic rings. The molecule has 0 radical (unpaired) electrons. The first-order chi connectivity index (χ1) is 10.3. The maximum atomic E-state index is 4.79. The molecule has 0 amide bonds. The van der Waals surface area contributed by atoms with Gasteiger partial charge in [-0.15, -0.1) is 0 Å². The Kier molecular flexibility index (Phi) is 4.08. The van der Waals surface area contributed by atoms with Gasteiger partial charge in [-0.25, -0.2) is 19.9 Å². The molecule has 0 unspecified atom stereocenters. The second-order valence-corrected chi connectivity index (χ2v) is 5.40. The Morgan fingerprint density at radius 1 is 1.10 bits per heavy atom. The van der Waals surface area contributed by atoms with Gasteiger partial charge in [-0.3, -0.25) is 0 Å². The highest BCUT2D eigenvalue weighted by molar-refractivity contribution is 5.56. The molecule has 0 spiro atoms. The van der Waals surface area contributed by atoms with Gasteiger partial charge in [0.25, 0.3) is 0 Å². The van der Waals surface area contributed by atoms with Crippen LogP contribution in [0.5, 0.6) is 0 Å². The van der Waals surface area contributed by atoms with Gasteiger partial charge in [-0.05, 0) is 45.6 Å². The molecule has 0 fully saturated rings. The molecule has 5 nitrogen and oxygen atoms in total. The van der Waals surface area contributed by atoms with E-state index in [1.807, 2.05) is 13.0 Å². The molecule has 0 saturated carbocycles. The molecule has 5 heteroatoms. The Morgan fingerprint density at radius 3 is 2.76 bits per heavy atom. The van der Waals surface area contributed by atoms with Crippen LogP contribution >= 0.6 is 0 Å². The molecule has 1 N–H and O–H groups in total. The maximum absolute atomic E-state index is 4.79. The largest absolute Gasteiger partial charge is 0.370 e. The third-order valence-electron chi connectivity index (χ3n) is 3.78. The van der Waals surface area contributed by atoms with Crippen LogP contribution in [0.3, 0.4) is 0 Å². The van der Waals surface area contributed by atoms with Gasteiger partial charge in [0.1, 0.15) is 17.3 Å². The minimum atomic E-state index is 0.706. The van der Waals surface area contributed by atoms with Crippen LogP contribution in [0.2, 0.25) is 0 Å². The number of hydrogen-bond donors (Lipinski definition) is 1. The van der Waals surface area contributed by atoms with Crippen LogP contribution in [-0.4, -0.2) is 26.5 Å². The average molecular weight is 283 g/mol. The first kappa shape index (κ1) is 13.9. The summed E-state index contributed by atoms with van der Waals surface area (Å²) in [5, 5.41) is 3.39. The van der Waals surface area contributed by atoms with Crippen molar-refractivity contribution in [2.45, 2.75) is 46.0 Å². The van der Waals surface area contributed by atoms with Crippen molar-refractivity contribution in [3.8, 4) is 11.5 Å². The van der Waals surface area contributed by atoms with Gasteiger partial charge in [0, 0.05) is 24.0 Å². The summed E-state index contributed by atoms with van der Waals surface area (Å²) in [5.41, 5.74) is 3.28. The van der Waals surface area contributed by atoms with Crippen LogP contribution in [-0.2, 0) is 12.8 Å². The normalized spacial score (nSPS) is 14.4. The lowest BCUT2D eigenvalue weighted by atomic mass is 10.1. The van der Waals surface area contributed by atoms with Gasteiger partial charge in [-0.2, -0.15) is 0 Å². The fourth-order valence-electron chi connectivity index (χ4n) is 2.78. The first-order valence-corrected chi connectivity index (χ1v) is 7.71. The van der Waals surface area contributed by atoms with E-state index in [0.29, 0.717) is 5.82 Å². The number of nitrogens with zero attached hydrogens (tertiary/aromatic N) is 4. The molecular weight excluding hydrogens is 262 g/mol. The van der Waals surface area contributed by atoms with E-state index in [1.165, 1.54) is 30.5 Å². The van der Waals surface area contributed by atoms with Crippen molar-refractivity contribution in [2.75, 3.05) is 11.9 Å². The maximum Gasteiger partial charge on any atom is 0.180 e. The zero-order chi connectivity index (χ0) is 14.7. The van der Waals surface area contributed by atoms with Crippen molar-refractivity contribution in [2.24, 2.45) is 0 Å². The van der Waals surface area contributed by atoms with Crippen molar-refractivity contribution in [1.29, 1.82) is 0 Å². The number of aromatic nitrogens is 4. The molecule has 2 aromatic heterocycles. The van der Waals surface area contributed by atoms with E-state index in [2.05, 4.69) is 22.2 Å². The summed E-state index contributed by atoms with van der Waals surface area (Å²) in [5.74, 6) is 2.43. The third-order valence-corrected chi connectivity index (χ3v) is 3.78. The number of rotatable bonds is 3. The summed E-state index contributed by atoms with van der Waals surface area (Å²) in [4.78, 5) is 18.1. The fourth-order valence-corrected chi connectivity index (χ4v) is 2.78. The first-order valence-electron chi connectivity index (χ1n) is 7.71. The van der Waals surface area contributed by atoms with E-state index in [0.717, 1.165) is 36.7 Å². The van der Waals surface area contributed by atoms with Crippen LogP contribution in [0.15, 0.2) is 12.3 Å². The summed E-state index contributed by atoms with van der Waals surface area (Å²) in [6.45, 7) is 4.85. The summed E-state index contributed by atoms with van der Waals surface area (Å²) in [7, 11) is 0. The number of fused-ring (bicyclic) bond motifs is 1. The zero-order valence-corrected chi connectivity index (χ0v) is 12.7. The smallest absolute Gasteiger partial charge is 0.180 e. The molecule has 0 bridgehead atoms. The van der Waals surface area contributed by atoms with E-state index in [1.54, 1.807) is 6.20 Å². The summed E-state index contributed by atoms with van der Waals surface area (Å²) >= 11 is 0. The molecule has 1 aliphatic rings.